The van der Waals surface area contributed by atoms with E-state index in [1.807, 2.05) is 24.8 Å². The first-order chi connectivity index (χ1) is 11.9. The number of pyridine rings is 2. The number of nitrogens with one attached hydrogen (secondary N) is 2. The highest BCUT2D eigenvalue weighted by Crippen LogP contribution is 2.40. The molecule has 4 aromatic heterocycles. The molecule has 0 saturated heterocycles. The Bertz CT molecular complexity index is 1300. The van der Waals surface area contributed by atoms with Gasteiger partial charge in [-0.15, -0.1) is 0 Å². The van der Waals surface area contributed by atoms with E-state index < -0.39 is 0 Å². The molecule has 0 amide bonds. The van der Waals surface area contributed by atoms with Crippen molar-refractivity contribution in [2.45, 2.75) is 0 Å². The molecule has 6 rings (SSSR count). The first-order valence-corrected chi connectivity index (χ1v) is 7.93. The van der Waals surface area contributed by atoms with Crippen molar-refractivity contribution in [3.8, 4) is 0 Å². The van der Waals surface area contributed by atoms with Gasteiger partial charge in [0.25, 0.3) is 0 Å². The Hall–Kier alpha value is -3.40. The molecule has 0 saturated carbocycles. The van der Waals surface area contributed by atoms with Gasteiger partial charge in [0.2, 0.25) is 0 Å². The zero-order valence-electron chi connectivity index (χ0n) is 12.7. The molecule has 0 aliphatic carbocycles. The summed E-state index contributed by atoms with van der Waals surface area (Å²) < 4.78 is 0. The zero-order valence-corrected chi connectivity index (χ0v) is 12.7. The van der Waals surface area contributed by atoms with E-state index in [0.717, 1.165) is 22.1 Å². The van der Waals surface area contributed by atoms with Crippen LogP contribution < -0.4 is 0 Å². The van der Waals surface area contributed by atoms with Gasteiger partial charge >= 0.3 is 0 Å². The number of hydrogen-bond donors (Lipinski definition) is 2. The second-order valence-electron chi connectivity index (χ2n) is 6.14. The fourth-order valence-corrected chi connectivity index (χ4v) is 3.94. The number of nitrogens with zero attached hydrogens (tertiary/aromatic N) is 2. The van der Waals surface area contributed by atoms with Crippen LogP contribution in [0.4, 0.5) is 0 Å². The minimum Gasteiger partial charge on any atom is -0.352 e. The highest BCUT2D eigenvalue weighted by molar-refractivity contribution is 6.35. The molecule has 4 heterocycles. The molecule has 0 aliphatic heterocycles. The van der Waals surface area contributed by atoms with E-state index in [0.29, 0.717) is 0 Å². The van der Waals surface area contributed by atoms with E-state index in [2.05, 4.69) is 56.3 Å². The fourth-order valence-electron chi connectivity index (χ4n) is 3.94. The Morgan fingerprint density at radius 1 is 0.583 bits per heavy atom. The van der Waals surface area contributed by atoms with Crippen LogP contribution in [0.1, 0.15) is 0 Å². The summed E-state index contributed by atoms with van der Waals surface area (Å²) in [6.45, 7) is 0. The summed E-state index contributed by atoms with van der Waals surface area (Å²) in [5, 5.41) is 7.42. The lowest BCUT2D eigenvalue weighted by Gasteiger charge is -2.04. The van der Waals surface area contributed by atoms with E-state index in [-0.39, 0.29) is 0 Å². The summed E-state index contributed by atoms with van der Waals surface area (Å²) >= 11 is 0. The van der Waals surface area contributed by atoms with Crippen molar-refractivity contribution < 1.29 is 0 Å². The van der Waals surface area contributed by atoms with Crippen molar-refractivity contribution >= 4 is 54.4 Å². The predicted octanol–water partition coefficient (Wildman–Crippen LogP) is 4.90. The van der Waals surface area contributed by atoms with Gasteiger partial charge in [-0.3, -0.25) is 9.97 Å². The third kappa shape index (κ3) is 1.34. The van der Waals surface area contributed by atoms with Crippen molar-refractivity contribution in [2.75, 3.05) is 0 Å². The molecule has 0 atom stereocenters. The molecule has 24 heavy (non-hydrogen) atoms. The van der Waals surface area contributed by atoms with Crippen LogP contribution in [0.15, 0.2) is 61.2 Å². The van der Waals surface area contributed by atoms with Gasteiger partial charge in [0.15, 0.2) is 0 Å². The molecule has 0 fully saturated rings. The van der Waals surface area contributed by atoms with Crippen LogP contribution in [-0.2, 0) is 0 Å². The average molecular weight is 308 g/mol. The summed E-state index contributed by atoms with van der Waals surface area (Å²) in [7, 11) is 0. The van der Waals surface area contributed by atoms with Crippen LogP contribution in [0.5, 0.6) is 0 Å². The van der Waals surface area contributed by atoms with E-state index in [1.165, 1.54) is 32.3 Å². The second kappa shape index (κ2) is 4.11. The molecule has 0 spiro atoms. The predicted molar refractivity (Wildman–Crippen MR) is 98.3 cm³/mol. The van der Waals surface area contributed by atoms with Crippen molar-refractivity contribution in [3.05, 3.63) is 61.2 Å². The average Bonchev–Trinajstić information content (AvgIpc) is 3.21. The lowest BCUT2D eigenvalue weighted by atomic mass is 9.99. The number of hydrogen-bond acceptors (Lipinski definition) is 2. The normalized spacial score (nSPS) is 12.2. The molecule has 4 heteroatoms. The molecule has 6 aromatic rings. The van der Waals surface area contributed by atoms with E-state index in [4.69, 9.17) is 0 Å². The van der Waals surface area contributed by atoms with Gasteiger partial charge in [-0.05, 0) is 22.9 Å². The van der Waals surface area contributed by atoms with Crippen LogP contribution in [-0.4, -0.2) is 19.9 Å². The molecule has 0 unspecified atom stereocenters. The SMILES string of the molecule is c1ccc2c(c1)c1c3ccncc3[nH]c1c1[nH]c3cnccc3c21. The molecule has 0 radical (unpaired) electrons. The van der Waals surface area contributed by atoms with E-state index in [1.54, 1.807) is 0 Å². The molecule has 112 valence electrons. The molecular weight excluding hydrogens is 296 g/mol. The smallest absolute Gasteiger partial charge is 0.0717 e. The largest absolute Gasteiger partial charge is 0.352 e. The maximum absolute atomic E-state index is 4.26. The Labute approximate surface area is 136 Å². The van der Waals surface area contributed by atoms with Gasteiger partial charge in [-0.1, -0.05) is 24.3 Å². The molecule has 0 aliphatic rings. The van der Waals surface area contributed by atoms with E-state index in [9.17, 15) is 0 Å². The van der Waals surface area contributed by atoms with Crippen molar-refractivity contribution in [3.63, 3.8) is 0 Å². The third-order valence-corrected chi connectivity index (χ3v) is 4.92. The van der Waals surface area contributed by atoms with Crippen molar-refractivity contribution in [2.24, 2.45) is 0 Å². The molecular formula is C20H12N4. The number of aromatic nitrogens is 4. The van der Waals surface area contributed by atoms with Gasteiger partial charge in [-0.25, -0.2) is 0 Å². The Morgan fingerprint density at radius 2 is 1.08 bits per heavy atom. The van der Waals surface area contributed by atoms with E-state index >= 15 is 0 Å². The van der Waals surface area contributed by atoms with Crippen LogP contribution >= 0.6 is 0 Å². The zero-order chi connectivity index (χ0) is 15.7. The summed E-state index contributed by atoms with van der Waals surface area (Å²) in [6.07, 6.45) is 7.48. The molecule has 0 bridgehead atoms. The Kier molecular flexibility index (Phi) is 2.07. The number of H-pyrrole nitrogens is 2. The van der Waals surface area contributed by atoms with Crippen LogP contribution in [0.3, 0.4) is 0 Å². The lowest BCUT2D eigenvalue weighted by Crippen LogP contribution is -1.79. The summed E-state index contributed by atoms with van der Waals surface area (Å²) in [4.78, 5) is 15.6. The third-order valence-electron chi connectivity index (χ3n) is 4.92. The second-order valence-corrected chi connectivity index (χ2v) is 6.14. The first kappa shape index (κ1) is 12.1. The maximum atomic E-state index is 4.26. The van der Waals surface area contributed by atoms with Gasteiger partial charge < -0.3 is 9.97 Å². The lowest BCUT2D eigenvalue weighted by molar-refractivity contribution is 1.34. The maximum Gasteiger partial charge on any atom is 0.0717 e. The van der Waals surface area contributed by atoms with Gasteiger partial charge in [0, 0.05) is 33.9 Å². The summed E-state index contributed by atoms with van der Waals surface area (Å²) in [6, 6.07) is 12.8. The summed E-state index contributed by atoms with van der Waals surface area (Å²) in [5.41, 5.74) is 4.37. The first-order valence-electron chi connectivity index (χ1n) is 7.93. The molecule has 2 N–H and O–H groups in total. The number of rotatable bonds is 0. The van der Waals surface area contributed by atoms with Crippen molar-refractivity contribution in [1.82, 2.24) is 19.9 Å². The fraction of sp³-hybridized carbons (Fsp3) is 0. The highest BCUT2D eigenvalue weighted by Gasteiger charge is 2.16. The monoisotopic (exact) mass is 308 g/mol. The minimum absolute atomic E-state index is 1.06. The molecule has 2 aromatic carbocycles. The topological polar surface area (TPSA) is 57.4 Å². The van der Waals surface area contributed by atoms with Gasteiger partial charge in [0.05, 0.1) is 34.5 Å². The van der Waals surface area contributed by atoms with Gasteiger partial charge in [-0.2, -0.15) is 0 Å². The van der Waals surface area contributed by atoms with Gasteiger partial charge in [0.1, 0.15) is 0 Å². The number of benzene rings is 2. The standard InChI is InChI=1S/C20H12N4/c1-2-4-12-11(3-1)17-13-5-7-21-9-15(13)23-19(17)20-18(12)14-6-8-22-10-16(14)24-20/h1-10,23-24H. The summed E-state index contributed by atoms with van der Waals surface area (Å²) in [5.74, 6) is 0. The highest BCUT2D eigenvalue weighted by atomic mass is 14.8. The Morgan fingerprint density at radius 3 is 1.58 bits per heavy atom. The van der Waals surface area contributed by atoms with Crippen LogP contribution in [0.2, 0.25) is 0 Å². The quantitative estimate of drug-likeness (QED) is 0.419. The minimum atomic E-state index is 1.06. The van der Waals surface area contributed by atoms with Crippen LogP contribution in [0.25, 0.3) is 54.4 Å². The number of aromatic amines is 2. The van der Waals surface area contributed by atoms with Crippen molar-refractivity contribution in [1.29, 1.82) is 0 Å². The van der Waals surface area contributed by atoms with Crippen LogP contribution in [0, 0.1) is 0 Å². The Balaban J connectivity index is 2.07. The number of fused-ring (bicyclic) bond motifs is 10. The molecule has 4 nitrogen and oxygen atoms in total.